The number of para-hydroxylation sites is 1. The Labute approximate surface area is 158 Å². The molecule has 3 heterocycles. The van der Waals surface area contributed by atoms with E-state index in [2.05, 4.69) is 25.6 Å². The number of hydrogen-bond acceptors (Lipinski definition) is 7. The lowest BCUT2D eigenvalue weighted by Crippen LogP contribution is -2.31. The average molecular weight is 380 g/mol. The molecule has 4 rings (SSSR count). The number of carbonyl (C=O) groups is 1. The fourth-order valence-corrected chi connectivity index (χ4v) is 3.27. The Morgan fingerprint density at radius 2 is 2.04 bits per heavy atom. The van der Waals surface area contributed by atoms with Crippen LogP contribution in [0.2, 0.25) is 0 Å². The van der Waals surface area contributed by atoms with E-state index in [1.165, 1.54) is 4.68 Å². The summed E-state index contributed by atoms with van der Waals surface area (Å²) in [6.45, 7) is 0.864. The summed E-state index contributed by atoms with van der Waals surface area (Å²) in [6.07, 6.45) is 4.00. The summed E-state index contributed by atoms with van der Waals surface area (Å²) in [5.74, 6) is 0.756. The molecule has 4 aromatic rings. The molecule has 0 aliphatic heterocycles. The van der Waals surface area contributed by atoms with Gasteiger partial charge < -0.3 is 10.1 Å². The molecule has 3 aromatic heterocycles. The van der Waals surface area contributed by atoms with Crippen LogP contribution < -0.4 is 10.1 Å². The smallest absolute Gasteiger partial charge is 0.344 e. The molecule has 9 heteroatoms. The van der Waals surface area contributed by atoms with Crippen molar-refractivity contribution >= 4 is 28.4 Å². The number of rotatable bonds is 6. The number of nitrogens with zero attached hydrogens (tertiary/aromatic N) is 5. The maximum Gasteiger partial charge on any atom is 0.344 e. The van der Waals surface area contributed by atoms with E-state index < -0.39 is 0 Å². The molecule has 0 saturated heterocycles. The SMILES string of the molecule is O=C(NCCc1nc(COc2ccncc2)cs1)n1nnc2ccccc21. The standard InChI is InChI=1S/C18H16N6O2S/c25-18(24-16-4-2-1-3-15(16)22-23-24)20-10-7-17-21-13(12-27-17)11-26-14-5-8-19-9-6-14/h1-6,8-9,12H,7,10-11H2,(H,20,25). The Balaban J connectivity index is 1.28. The van der Waals surface area contributed by atoms with Gasteiger partial charge in [0.25, 0.3) is 0 Å². The van der Waals surface area contributed by atoms with Crippen LogP contribution in [0.1, 0.15) is 10.7 Å². The van der Waals surface area contributed by atoms with Crippen LogP contribution in [0.4, 0.5) is 4.79 Å². The van der Waals surface area contributed by atoms with Gasteiger partial charge in [0.1, 0.15) is 17.9 Å². The zero-order valence-corrected chi connectivity index (χ0v) is 15.1. The van der Waals surface area contributed by atoms with E-state index in [0.29, 0.717) is 30.6 Å². The number of hydrogen-bond donors (Lipinski definition) is 1. The monoisotopic (exact) mass is 380 g/mol. The second-order valence-corrected chi connectivity index (χ2v) is 6.62. The Morgan fingerprint density at radius 3 is 2.93 bits per heavy atom. The number of pyridine rings is 1. The van der Waals surface area contributed by atoms with E-state index >= 15 is 0 Å². The highest BCUT2D eigenvalue weighted by molar-refractivity contribution is 7.09. The second-order valence-electron chi connectivity index (χ2n) is 5.68. The van der Waals surface area contributed by atoms with Crippen LogP contribution in [-0.4, -0.2) is 37.5 Å². The first-order chi connectivity index (χ1) is 13.3. The highest BCUT2D eigenvalue weighted by atomic mass is 32.1. The van der Waals surface area contributed by atoms with Crippen molar-refractivity contribution in [3.8, 4) is 5.75 Å². The van der Waals surface area contributed by atoms with Gasteiger partial charge in [-0.3, -0.25) is 4.98 Å². The van der Waals surface area contributed by atoms with Crippen LogP contribution in [0.25, 0.3) is 11.0 Å². The van der Waals surface area contributed by atoms with Crippen molar-refractivity contribution in [3.05, 3.63) is 64.9 Å². The minimum atomic E-state index is -0.304. The van der Waals surface area contributed by atoms with Gasteiger partial charge in [-0.2, -0.15) is 4.68 Å². The fourth-order valence-electron chi connectivity index (χ4n) is 2.49. The molecular weight excluding hydrogens is 364 g/mol. The Hall–Kier alpha value is -3.33. The Morgan fingerprint density at radius 1 is 1.19 bits per heavy atom. The number of ether oxygens (including phenoxy) is 1. The summed E-state index contributed by atoms with van der Waals surface area (Å²) in [4.78, 5) is 20.8. The zero-order valence-electron chi connectivity index (χ0n) is 14.3. The average Bonchev–Trinajstić information content (AvgIpc) is 3.34. The molecule has 0 radical (unpaired) electrons. The molecule has 0 atom stereocenters. The summed E-state index contributed by atoms with van der Waals surface area (Å²) in [5, 5.41) is 13.6. The van der Waals surface area contributed by atoms with Gasteiger partial charge in [0.05, 0.1) is 16.2 Å². The third-order valence-corrected chi connectivity index (χ3v) is 4.75. The molecule has 1 N–H and O–H groups in total. The molecule has 0 spiro atoms. The minimum Gasteiger partial charge on any atom is -0.487 e. The molecule has 0 aliphatic carbocycles. The number of fused-ring (bicyclic) bond motifs is 1. The molecule has 136 valence electrons. The van der Waals surface area contributed by atoms with Crippen LogP contribution in [0.3, 0.4) is 0 Å². The van der Waals surface area contributed by atoms with Crippen LogP contribution in [0.15, 0.2) is 54.2 Å². The van der Waals surface area contributed by atoms with Crippen LogP contribution in [0.5, 0.6) is 5.75 Å². The van der Waals surface area contributed by atoms with Gasteiger partial charge in [-0.15, -0.1) is 16.4 Å². The van der Waals surface area contributed by atoms with Gasteiger partial charge in [-0.1, -0.05) is 17.3 Å². The number of benzene rings is 1. The maximum absolute atomic E-state index is 12.3. The fraction of sp³-hybridized carbons (Fsp3) is 0.167. The normalized spacial score (nSPS) is 10.8. The lowest BCUT2D eigenvalue weighted by molar-refractivity contribution is 0.240. The topological polar surface area (TPSA) is 94.8 Å². The van der Waals surface area contributed by atoms with Crippen molar-refractivity contribution in [2.24, 2.45) is 0 Å². The minimum absolute atomic E-state index is 0.304. The van der Waals surface area contributed by atoms with Crippen molar-refractivity contribution in [1.82, 2.24) is 30.3 Å². The number of carbonyl (C=O) groups excluding carboxylic acids is 1. The van der Waals surface area contributed by atoms with E-state index in [9.17, 15) is 4.79 Å². The van der Waals surface area contributed by atoms with E-state index in [1.807, 2.05) is 29.6 Å². The molecule has 0 fully saturated rings. The van der Waals surface area contributed by atoms with Gasteiger partial charge >= 0.3 is 6.03 Å². The summed E-state index contributed by atoms with van der Waals surface area (Å²) in [7, 11) is 0. The number of amides is 1. The van der Waals surface area contributed by atoms with Crippen molar-refractivity contribution in [2.45, 2.75) is 13.0 Å². The molecule has 0 bridgehead atoms. The quantitative estimate of drug-likeness (QED) is 0.553. The highest BCUT2D eigenvalue weighted by Crippen LogP contribution is 2.14. The summed E-state index contributed by atoms with van der Waals surface area (Å²) >= 11 is 1.55. The predicted molar refractivity (Wildman–Crippen MR) is 101 cm³/mol. The molecule has 1 aromatic carbocycles. The van der Waals surface area contributed by atoms with E-state index in [0.717, 1.165) is 16.5 Å². The number of thiazole rings is 1. The molecular formula is C18H16N6O2S. The zero-order chi connectivity index (χ0) is 18.5. The van der Waals surface area contributed by atoms with E-state index in [-0.39, 0.29) is 6.03 Å². The lowest BCUT2D eigenvalue weighted by atomic mass is 10.3. The van der Waals surface area contributed by atoms with Crippen molar-refractivity contribution in [2.75, 3.05) is 6.54 Å². The van der Waals surface area contributed by atoms with Gasteiger partial charge in [0.15, 0.2) is 0 Å². The Kier molecular flexibility index (Phi) is 5.01. The third kappa shape index (κ3) is 4.09. The summed E-state index contributed by atoms with van der Waals surface area (Å²) in [6, 6.07) is 10.6. The van der Waals surface area contributed by atoms with Crippen LogP contribution in [-0.2, 0) is 13.0 Å². The van der Waals surface area contributed by atoms with Gasteiger partial charge in [-0.05, 0) is 24.3 Å². The van der Waals surface area contributed by atoms with E-state index in [1.54, 1.807) is 35.9 Å². The van der Waals surface area contributed by atoms with E-state index in [4.69, 9.17) is 4.74 Å². The van der Waals surface area contributed by atoms with Crippen LogP contribution in [0, 0.1) is 0 Å². The third-order valence-electron chi connectivity index (χ3n) is 3.80. The second kappa shape index (κ2) is 7.92. The molecule has 0 aliphatic rings. The Bertz CT molecular complexity index is 1050. The van der Waals surface area contributed by atoms with Gasteiger partial charge in [0.2, 0.25) is 0 Å². The van der Waals surface area contributed by atoms with Crippen molar-refractivity contribution in [1.29, 1.82) is 0 Å². The first-order valence-corrected chi connectivity index (χ1v) is 9.22. The number of aromatic nitrogens is 5. The van der Waals surface area contributed by atoms with Crippen molar-refractivity contribution < 1.29 is 9.53 Å². The molecule has 0 saturated carbocycles. The van der Waals surface area contributed by atoms with Gasteiger partial charge in [0, 0.05) is 30.7 Å². The summed E-state index contributed by atoms with van der Waals surface area (Å²) in [5.41, 5.74) is 2.23. The number of nitrogens with one attached hydrogen (secondary N) is 1. The first-order valence-electron chi connectivity index (χ1n) is 8.34. The first kappa shape index (κ1) is 17.1. The molecule has 0 unspecified atom stereocenters. The predicted octanol–water partition coefficient (Wildman–Crippen LogP) is 2.66. The largest absolute Gasteiger partial charge is 0.487 e. The van der Waals surface area contributed by atoms with Crippen molar-refractivity contribution in [3.63, 3.8) is 0 Å². The molecule has 27 heavy (non-hydrogen) atoms. The molecule has 8 nitrogen and oxygen atoms in total. The summed E-state index contributed by atoms with van der Waals surface area (Å²) < 4.78 is 6.92. The lowest BCUT2D eigenvalue weighted by Gasteiger charge is -2.04. The van der Waals surface area contributed by atoms with Gasteiger partial charge in [-0.25, -0.2) is 9.78 Å². The highest BCUT2D eigenvalue weighted by Gasteiger charge is 2.11. The van der Waals surface area contributed by atoms with Crippen LogP contribution >= 0.6 is 11.3 Å². The maximum atomic E-state index is 12.3. The molecule has 1 amide bonds.